The maximum atomic E-state index is 6.27. The second-order valence-corrected chi connectivity index (χ2v) is 9.02. The second kappa shape index (κ2) is 11.0. The van der Waals surface area contributed by atoms with Gasteiger partial charge in [-0.1, -0.05) is 24.1 Å². The van der Waals surface area contributed by atoms with E-state index >= 15 is 0 Å². The third kappa shape index (κ3) is 5.94. The van der Waals surface area contributed by atoms with Gasteiger partial charge in [-0.3, -0.25) is 9.88 Å². The van der Waals surface area contributed by atoms with E-state index in [0.29, 0.717) is 17.6 Å². The number of nitrogens with zero attached hydrogens (tertiary/aromatic N) is 4. The first-order chi connectivity index (χ1) is 15.6. The molecule has 2 aromatic heterocycles. The zero-order chi connectivity index (χ0) is 22.3. The van der Waals surface area contributed by atoms with Gasteiger partial charge in [0.2, 0.25) is 0 Å². The number of aromatic nitrogens is 3. The number of fused-ring (bicyclic) bond motifs is 1. The molecule has 1 aromatic carbocycles. The van der Waals surface area contributed by atoms with E-state index in [9.17, 15) is 0 Å². The summed E-state index contributed by atoms with van der Waals surface area (Å²) in [4.78, 5) is 16.9. The fourth-order valence-electron chi connectivity index (χ4n) is 4.22. The van der Waals surface area contributed by atoms with Crippen molar-refractivity contribution in [2.24, 2.45) is 0 Å². The molecule has 170 valence electrons. The zero-order valence-corrected chi connectivity index (χ0v) is 19.7. The van der Waals surface area contributed by atoms with Crippen LogP contribution < -0.4 is 5.32 Å². The van der Waals surface area contributed by atoms with Gasteiger partial charge in [0.25, 0.3) is 0 Å². The Morgan fingerprint density at radius 3 is 2.91 bits per heavy atom. The summed E-state index contributed by atoms with van der Waals surface area (Å²) in [6, 6.07) is 12.3. The number of likely N-dealkylation sites (tertiary alicyclic amines) is 1. The lowest BCUT2D eigenvalue weighted by molar-refractivity contribution is 0.0787. The third-order valence-corrected chi connectivity index (χ3v) is 5.99. The third-order valence-electron chi connectivity index (χ3n) is 5.76. The quantitative estimate of drug-likeness (QED) is 0.423. The van der Waals surface area contributed by atoms with E-state index in [2.05, 4.69) is 41.2 Å². The van der Waals surface area contributed by atoms with E-state index in [4.69, 9.17) is 26.3 Å². The van der Waals surface area contributed by atoms with Gasteiger partial charge in [-0.15, -0.1) is 0 Å². The number of benzene rings is 1. The van der Waals surface area contributed by atoms with Gasteiger partial charge in [0.05, 0.1) is 29.9 Å². The Bertz CT molecular complexity index is 1010. The van der Waals surface area contributed by atoms with Crippen LogP contribution >= 0.6 is 11.6 Å². The molecular formula is C25H32ClN5O. The van der Waals surface area contributed by atoms with Crippen LogP contribution in [0.25, 0.3) is 10.9 Å². The minimum Gasteiger partial charge on any atom is -0.379 e. The van der Waals surface area contributed by atoms with Crippen molar-refractivity contribution < 1.29 is 4.74 Å². The lowest BCUT2D eigenvalue weighted by Gasteiger charge is -2.34. The zero-order valence-electron chi connectivity index (χ0n) is 18.9. The van der Waals surface area contributed by atoms with Crippen LogP contribution in [0.5, 0.6) is 0 Å². The second-order valence-electron chi connectivity index (χ2n) is 8.59. The van der Waals surface area contributed by atoms with Gasteiger partial charge < -0.3 is 10.1 Å². The average molecular weight is 454 g/mol. The molecule has 0 aliphatic carbocycles. The van der Waals surface area contributed by atoms with Crippen LogP contribution in [0.4, 0.5) is 5.82 Å². The molecule has 1 N–H and O–H groups in total. The highest BCUT2D eigenvalue weighted by molar-refractivity contribution is 6.31. The highest BCUT2D eigenvalue weighted by atomic mass is 35.5. The van der Waals surface area contributed by atoms with E-state index in [1.807, 2.05) is 30.5 Å². The molecule has 3 heterocycles. The van der Waals surface area contributed by atoms with Gasteiger partial charge in [-0.2, -0.15) is 0 Å². The van der Waals surface area contributed by atoms with Gasteiger partial charge in [0, 0.05) is 29.8 Å². The topological polar surface area (TPSA) is 63.2 Å². The van der Waals surface area contributed by atoms with Gasteiger partial charge in [0.15, 0.2) is 0 Å². The summed E-state index contributed by atoms with van der Waals surface area (Å²) < 4.78 is 5.66. The molecule has 1 fully saturated rings. The smallest absolute Gasteiger partial charge is 0.145 e. The SMILES string of the molecule is CC(C)OCCCNc1nc(CN2CCCCC2c2ccccn2)nc2ccc(Cl)cc12. The molecule has 7 heteroatoms. The highest BCUT2D eigenvalue weighted by Gasteiger charge is 2.26. The summed E-state index contributed by atoms with van der Waals surface area (Å²) in [6.45, 7) is 7.34. The Morgan fingerprint density at radius 2 is 2.09 bits per heavy atom. The summed E-state index contributed by atoms with van der Waals surface area (Å²) in [5, 5.41) is 5.12. The molecule has 6 nitrogen and oxygen atoms in total. The summed E-state index contributed by atoms with van der Waals surface area (Å²) in [7, 11) is 0. The number of halogens is 1. The fraction of sp³-hybridized carbons (Fsp3) is 0.480. The maximum Gasteiger partial charge on any atom is 0.145 e. The first kappa shape index (κ1) is 22.9. The first-order valence-electron chi connectivity index (χ1n) is 11.6. The molecule has 1 saturated heterocycles. The number of hydrogen-bond acceptors (Lipinski definition) is 6. The predicted octanol–water partition coefficient (Wildman–Crippen LogP) is 5.63. The van der Waals surface area contributed by atoms with E-state index < -0.39 is 0 Å². The van der Waals surface area contributed by atoms with E-state index in [1.54, 1.807) is 0 Å². The van der Waals surface area contributed by atoms with Crippen molar-refractivity contribution in [1.29, 1.82) is 0 Å². The fourth-order valence-corrected chi connectivity index (χ4v) is 4.39. The Morgan fingerprint density at radius 1 is 1.19 bits per heavy atom. The molecule has 0 radical (unpaired) electrons. The van der Waals surface area contributed by atoms with Crippen LogP contribution in [0.15, 0.2) is 42.6 Å². The standard InChI is InChI=1S/C25H32ClN5O/c1-18(2)32-15-7-13-28-25-20-16-19(26)10-11-21(20)29-24(30-25)17-31-14-6-4-9-23(31)22-8-3-5-12-27-22/h3,5,8,10-12,16,18,23H,4,6-7,9,13-15,17H2,1-2H3,(H,28,29,30). The molecule has 4 rings (SSSR count). The first-order valence-corrected chi connectivity index (χ1v) is 11.9. The number of piperidine rings is 1. The largest absolute Gasteiger partial charge is 0.379 e. The molecule has 0 spiro atoms. The van der Waals surface area contributed by atoms with Crippen LogP contribution in [0.2, 0.25) is 5.02 Å². The van der Waals surface area contributed by atoms with Crippen molar-refractivity contribution in [3.63, 3.8) is 0 Å². The van der Waals surface area contributed by atoms with Crippen molar-refractivity contribution in [2.45, 2.75) is 58.2 Å². The summed E-state index contributed by atoms with van der Waals surface area (Å²) in [6.07, 6.45) is 6.56. The minimum absolute atomic E-state index is 0.247. The molecule has 1 aliphatic heterocycles. The van der Waals surface area contributed by atoms with Crippen molar-refractivity contribution in [2.75, 3.05) is 25.0 Å². The van der Waals surface area contributed by atoms with Crippen molar-refractivity contribution in [3.05, 3.63) is 59.1 Å². The monoisotopic (exact) mass is 453 g/mol. The Kier molecular flexibility index (Phi) is 7.90. The van der Waals surface area contributed by atoms with Gasteiger partial charge in [0.1, 0.15) is 11.6 Å². The lowest BCUT2D eigenvalue weighted by Crippen LogP contribution is -2.34. The number of ether oxygens (including phenoxy) is 1. The van der Waals surface area contributed by atoms with Crippen LogP contribution in [0, 0.1) is 0 Å². The Hall–Kier alpha value is -2.28. The molecule has 0 saturated carbocycles. The van der Waals surface area contributed by atoms with Crippen molar-refractivity contribution in [3.8, 4) is 0 Å². The molecule has 0 bridgehead atoms. The Labute approximate surface area is 195 Å². The van der Waals surface area contributed by atoms with Crippen LogP contribution in [0.3, 0.4) is 0 Å². The minimum atomic E-state index is 0.247. The molecule has 0 amide bonds. The highest BCUT2D eigenvalue weighted by Crippen LogP contribution is 2.31. The number of rotatable bonds is 9. The summed E-state index contributed by atoms with van der Waals surface area (Å²) >= 11 is 6.27. The van der Waals surface area contributed by atoms with Gasteiger partial charge >= 0.3 is 0 Å². The molecule has 1 unspecified atom stereocenters. The summed E-state index contributed by atoms with van der Waals surface area (Å²) in [5.74, 6) is 1.66. The van der Waals surface area contributed by atoms with Gasteiger partial charge in [-0.25, -0.2) is 9.97 Å². The van der Waals surface area contributed by atoms with E-state index in [1.165, 1.54) is 12.8 Å². The van der Waals surface area contributed by atoms with Crippen LogP contribution in [-0.2, 0) is 11.3 Å². The number of pyridine rings is 1. The van der Waals surface area contributed by atoms with Crippen molar-refractivity contribution in [1.82, 2.24) is 19.9 Å². The molecule has 1 aliphatic rings. The van der Waals surface area contributed by atoms with Crippen LogP contribution in [-0.4, -0.2) is 45.7 Å². The maximum absolute atomic E-state index is 6.27. The Balaban J connectivity index is 1.54. The molecule has 1 atom stereocenters. The molecular weight excluding hydrogens is 422 g/mol. The average Bonchev–Trinajstić information content (AvgIpc) is 2.80. The van der Waals surface area contributed by atoms with Gasteiger partial charge in [-0.05, 0) is 70.0 Å². The number of nitrogens with one attached hydrogen (secondary N) is 1. The van der Waals surface area contributed by atoms with Crippen LogP contribution in [0.1, 0.15) is 57.1 Å². The molecule has 32 heavy (non-hydrogen) atoms. The van der Waals surface area contributed by atoms with E-state index in [0.717, 1.165) is 60.8 Å². The summed E-state index contributed by atoms with van der Waals surface area (Å²) in [5.41, 5.74) is 2.04. The predicted molar refractivity (Wildman–Crippen MR) is 130 cm³/mol. The normalized spacial score (nSPS) is 17.2. The van der Waals surface area contributed by atoms with Crippen molar-refractivity contribution >= 4 is 28.3 Å². The number of hydrogen-bond donors (Lipinski definition) is 1. The lowest BCUT2D eigenvalue weighted by atomic mass is 9.99. The number of anilines is 1. The molecule has 3 aromatic rings. The van der Waals surface area contributed by atoms with E-state index in [-0.39, 0.29) is 6.10 Å².